The third kappa shape index (κ3) is 2.04. The highest BCUT2D eigenvalue weighted by Crippen LogP contribution is 2.07. The Labute approximate surface area is 83.0 Å². The van der Waals surface area contributed by atoms with Gasteiger partial charge >= 0.3 is 6.03 Å². The molecule has 14 heavy (non-hydrogen) atoms. The van der Waals surface area contributed by atoms with Crippen molar-refractivity contribution in [2.45, 2.75) is 12.8 Å². The van der Waals surface area contributed by atoms with Crippen molar-refractivity contribution < 1.29 is 9.59 Å². The van der Waals surface area contributed by atoms with Crippen molar-refractivity contribution in [3.05, 3.63) is 0 Å². The molecular formula is C9H14N3O2. The number of amides is 3. The summed E-state index contributed by atoms with van der Waals surface area (Å²) in [5.41, 5.74) is 0. The molecule has 77 valence electrons. The summed E-state index contributed by atoms with van der Waals surface area (Å²) in [5.74, 6) is -0.309. The lowest BCUT2D eigenvalue weighted by Gasteiger charge is -2.18. The molecule has 0 bridgehead atoms. The van der Waals surface area contributed by atoms with Gasteiger partial charge in [0.15, 0.2) is 0 Å². The van der Waals surface area contributed by atoms with Crippen molar-refractivity contribution in [3.63, 3.8) is 0 Å². The Bertz CT molecular complexity index is 248. The number of hydrogen-bond acceptors (Lipinski definition) is 3. The molecule has 0 aromatic heterocycles. The minimum absolute atomic E-state index is 0.173. The number of urea groups is 1. The minimum atomic E-state index is -0.366. The molecule has 2 saturated heterocycles. The maximum absolute atomic E-state index is 11.1. The predicted octanol–water partition coefficient (Wildman–Crippen LogP) is -0.351. The van der Waals surface area contributed by atoms with E-state index in [9.17, 15) is 9.59 Å². The van der Waals surface area contributed by atoms with Crippen molar-refractivity contribution in [3.8, 4) is 0 Å². The molecule has 0 N–H and O–H groups in total. The fraction of sp³-hybridized carbons (Fsp3) is 0.778. The van der Waals surface area contributed by atoms with Crippen LogP contribution in [0.4, 0.5) is 4.79 Å². The van der Waals surface area contributed by atoms with Gasteiger partial charge in [-0.2, -0.15) is 5.32 Å². The molecule has 3 amide bonds. The van der Waals surface area contributed by atoms with E-state index in [4.69, 9.17) is 0 Å². The highest BCUT2D eigenvalue weighted by molar-refractivity contribution is 6.01. The van der Waals surface area contributed by atoms with Crippen LogP contribution in [0.1, 0.15) is 12.8 Å². The highest BCUT2D eigenvalue weighted by Gasteiger charge is 2.28. The summed E-state index contributed by atoms with van der Waals surface area (Å²) in [6.45, 7) is 3.91. The monoisotopic (exact) mass is 196 g/mol. The SMILES string of the molecule is O=C1CN(CCN2CCCC2)C(=O)[N]1. The molecule has 0 spiro atoms. The van der Waals surface area contributed by atoms with Crippen LogP contribution in [0.3, 0.4) is 0 Å². The number of carbonyl (C=O) groups excluding carboxylic acids is 2. The molecular weight excluding hydrogens is 182 g/mol. The maximum atomic E-state index is 11.1. The fourth-order valence-corrected chi connectivity index (χ4v) is 1.89. The third-order valence-corrected chi connectivity index (χ3v) is 2.70. The lowest BCUT2D eigenvalue weighted by Crippen LogP contribution is -2.35. The number of hydrogen-bond donors (Lipinski definition) is 0. The van der Waals surface area contributed by atoms with E-state index >= 15 is 0 Å². The van der Waals surface area contributed by atoms with Crippen LogP contribution in [0.15, 0.2) is 0 Å². The molecule has 2 fully saturated rings. The standard InChI is InChI=1S/C9H14N3O2/c13-8-7-12(9(14)10-8)6-5-11-3-1-2-4-11/h1-7H2. The van der Waals surface area contributed by atoms with E-state index in [0.29, 0.717) is 6.54 Å². The maximum Gasteiger partial charge on any atom is 0.347 e. The van der Waals surface area contributed by atoms with E-state index in [1.165, 1.54) is 17.7 Å². The Balaban J connectivity index is 1.74. The van der Waals surface area contributed by atoms with Gasteiger partial charge in [0.05, 0.1) is 0 Å². The molecule has 1 radical (unpaired) electrons. The van der Waals surface area contributed by atoms with Crippen molar-refractivity contribution >= 4 is 11.9 Å². The van der Waals surface area contributed by atoms with Crippen LogP contribution < -0.4 is 5.32 Å². The molecule has 5 heteroatoms. The largest absolute Gasteiger partial charge is 0.347 e. The highest BCUT2D eigenvalue weighted by atomic mass is 16.2. The second-order valence-electron chi connectivity index (χ2n) is 3.76. The topological polar surface area (TPSA) is 54.7 Å². The van der Waals surface area contributed by atoms with Crippen molar-refractivity contribution in [2.75, 3.05) is 32.7 Å². The molecule has 5 nitrogen and oxygen atoms in total. The molecule has 2 aliphatic rings. The quantitative estimate of drug-likeness (QED) is 0.580. The van der Waals surface area contributed by atoms with Crippen LogP contribution in [0.25, 0.3) is 0 Å². The number of imide groups is 1. The van der Waals surface area contributed by atoms with Gasteiger partial charge in [0.25, 0.3) is 5.91 Å². The van der Waals surface area contributed by atoms with E-state index < -0.39 is 0 Å². The first-order chi connectivity index (χ1) is 6.75. The summed E-state index contributed by atoms with van der Waals surface area (Å²) in [5, 5.41) is 3.35. The van der Waals surface area contributed by atoms with Crippen molar-refractivity contribution in [1.29, 1.82) is 0 Å². The van der Waals surface area contributed by atoms with E-state index in [-0.39, 0.29) is 18.5 Å². The fourth-order valence-electron chi connectivity index (χ4n) is 1.89. The van der Waals surface area contributed by atoms with Gasteiger partial charge in [-0.15, -0.1) is 0 Å². The Morgan fingerprint density at radius 1 is 1.14 bits per heavy atom. The Kier molecular flexibility index (Phi) is 2.67. The molecule has 2 aliphatic heterocycles. The van der Waals surface area contributed by atoms with Crippen LogP contribution in [-0.2, 0) is 4.79 Å². The molecule has 0 unspecified atom stereocenters. The van der Waals surface area contributed by atoms with Crippen molar-refractivity contribution in [1.82, 2.24) is 15.1 Å². The third-order valence-electron chi connectivity index (χ3n) is 2.70. The Hall–Kier alpha value is -1.10. The molecule has 0 atom stereocenters. The van der Waals surface area contributed by atoms with Gasteiger partial charge in [0.2, 0.25) is 0 Å². The van der Waals surface area contributed by atoms with Crippen LogP contribution in [-0.4, -0.2) is 54.5 Å². The van der Waals surface area contributed by atoms with Gasteiger partial charge in [0.1, 0.15) is 6.54 Å². The number of rotatable bonds is 3. The Morgan fingerprint density at radius 3 is 2.43 bits per heavy atom. The van der Waals surface area contributed by atoms with Crippen LogP contribution >= 0.6 is 0 Å². The van der Waals surface area contributed by atoms with Gasteiger partial charge in [-0.25, -0.2) is 4.79 Å². The number of nitrogens with zero attached hydrogens (tertiary/aromatic N) is 3. The molecule has 0 aromatic rings. The van der Waals surface area contributed by atoms with E-state index in [1.54, 1.807) is 0 Å². The van der Waals surface area contributed by atoms with Crippen LogP contribution in [0.2, 0.25) is 0 Å². The summed E-state index contributed by atoms with van der Waals surface area (Å²) in [6, 6.07) is -0.366. The summed E-state index contributed by atoms with van der Waals surface area (Å²) in [6.07, 6.45) is 2.49. The number of carbonyl (C=O) groups is 2. The second-order valence-corrected chi connectivity index (χ2v) is 3.76. The van der Waals surface area contributed by atoms with Gasteiger partial charge in [-0.3, -0.25) is 4.79 Å². The molecule has 2 heterocycles. The van der Waals surface area contributed by atoms with E-state index in [1.807, 2.05) is 0 Å². The van der Waals surface area contributed by atoms with Gasteiger partial charge in [-0.1, -0.05) is 0 Å². The first kappa shape index (κ1) is 9.45. The molecule has 0 aromatic carbocycles. The first-order valence-electron chi connectivity index (χ1n) is 5.01. The molecule has 0 aliphatic carbocycles. The van der Waals surface area contributed by atoms with Crippen LogP contribution in [0.5, 0.6) is 0 Å². The average Bonchev–Trinajstić information content (AvgIpc) is 2.72. The zero-order valence-electron chi connectivity index (χ0n) is 8.11. The normalized spacial score (nSPS) is 23.3. The predicted molar refractivity (Wildman–Crippen MR) is 49.8 cm³/mol. The zero-order chi connectivity index (χ0) is 9.97. The molecule has 2 rings (SSSR count). The first-order valence-corrected chi connectivity index (χ1v) is 5.01. The minimum Gasteiger partial charge on any atom is -0.312 e. The Morgan fingerprint density at radius 2 is 1.86 bits per heavy atom. The average molecular weight is 196 g/mol. The second kappa shape index (κ2) is 3.96. The van der Waals surface area contributed by atoms with E-state index in [2.05, 4.69) is 10.2 Å². The van der Waals surface area contributed by atoms with E-state index in [0.717, 1.165) is 19.6 Å². The summed E-state index contributed by atoms with van der Waals surface area (Å²) in [4.78, 5) is 25.8. The van der Waals surface area contributed by atoms with Crippen LogP contribution in [0, 0.1) is 0 Å². The molecule has 0 saturated carbocycles. The van der Waals surface area contributed by atoms with Gasteiger partial charge in [0, 0.05) is 13.1 Å². The summed E-state index contributed by atoms with van der Waals surface area (Å²) in [7, 11) is 0. The smallest absolute Gasteiger partial charge is 0.312 e. The van der Waals surface area contributed by atoms with Gasteiger partial charge in [-0.05, 0) is 25.9 Å². The van der Waals surface area contributed by atoms with Crippen molar-refractivity contribution in [2.24, 2.45) is 0 Å². The number of likely N-dealkylation sites (tertiary alicyclic amines) is 1. The van der Waals surface area contributed by atoms with Gasteiger partial charge < -0.3 is 9.80 Å². The zero-order valence-corrected chi connectivity index (χ0v) is 8.11. The summed E-state index contributed by atoms with van der Waals surface area (Å²) >= 11 is 0. The summed E-state index contributed by atoms with van der Waals surface area (Å²) < 4.78 is 0. The lowest BCUT2D eigenvalue weighted by molar-refractivity contribution is -0.118. The lowest BCUT2D eigenvalue weighted by atomic mass is 10.4.